The molecule has 0 saturated carbocycles. The van der Waals surface area contributed by atoms with Crippen LogP contribution in [0.4, 0.5) is 0 Å². The van der Waals surface area contributed by atoms with Gasteiger partial charge in [-0.05, 0) is 25.5 Å². The molecule has 0 aromatic heterocycles. The maximum absolute atomic E-state index is 11.5. The monoisotopic (exact) mass is 261 g/mol. The van der Waals surface area contributed by atoms with E-state index < -0.39 is 0 Å². The number of aryl methyl sites for hydroxylation is 1. The van der Waals surface area contributed by atoms with Gasteiger partial charge in [0.05, 0.1) is 13.0 Å². The molecule has 4 nitrogen and oxygen atoms in total. The Bertz CT molecular complexity index is 466. The van der Waals surface area contributed by atoms with E-state index in [1.165, 1.54) is 6.08 Å². The number of ether oxygens (including phenoxy) is 1. The quantitative estimate of drug-likeness (QED) is 0.630. The summed E-state index contributed by atoms with van der Waals surface area (Å²) in [5.41, 5.74) is 2.12. The predicted octanol–water partition coefficient (Wildman–Crippen LogP) is 2.08. The average molecular weight is 261 g/mol. The summed E-state index contributed by atoms with van der Waals surface area (Å²) in [6.07, 6.45) is 3.39. The van der Waals surface area contributed by atoms with Crippen LogP contribution in [-0.4, -0.2) is 25.0 Å². The molecule has 0 atom stereocenters. The first-order chi connectivity index (χ1) is 9.11. The van der Waals surface area contributed by atoms with E-state index in [1.807, 2.05) is 31.2 Å². The SMILES string of the molecule is CCOC(=O)CCNC(=O)C=Cc1cccc(C)c1. The van der Waals surface area contributed by atoms with Crippen molar-refractivity contribution in [1.82, 2.24) is 5.32 Å². The number of carbonyl (C=O) groups is 2. The van der Waals surface area contributed by atoms with Crippen molar-refractivity contribution in [3.8, 4) is 0 Å². The molecule has 1 amide bonds. The average Bonchev–Trinajstić information content (AvgIpc) is 2.37. The molecule has 0 fully saturated rings. The highest BCUT2D eigenvalue weighted by molar-refractivity contribution is 5.91. The lowest BCUT2D eigenvalue weighted by atomic mass is 10.1. The second-order valence-electron chi connectivity index (χ2n) is 4.09. The van der Waals surface area contributed by atoms with E-state index in [1.54, 1.807) is 13.0 Å². The second kappa shape index (κ2) is 8.08. The summed E-state index contributed by atoms with van der Waals surface area (Å²) in [5, 5.41) is 2.63. The zero-order chi connectivity index (χ0) is 14.1. The smallest absolute Gasteiger partial charge is 0.307 e. The Morgan fingerprint density at radius 3 is 2.84 bits per heavy atom. The molecule has 102 valence electrons. The normalized spacial score (nSPS) is 10.4. The van der Waals surface area contributed by atoms with Crippen LogP contribution in [0, 0.1) is 6.92 Å². The van der Waals surface area contributed by atoms with Crippen molar-refractivity contribution in [2.75, 3.05) is 13.2 Å². The van der Waals surface area contributed by atoms with E-state index in [0.717, 1.165) is 11.1 Å². The van der Waals surface area contributed by atoms with Crippen molar-refractivity contribution >= 4 is 18.0 Å². The van der Waals surface area contributed by atoms with Crippen molar-refractivity contribution in [1.29, 1.82) is 0 Å². The van der Waals surface area contributed by atoms with Crippen LogP contribution in [-0.2, 0) is 14.3 Å². The topological polar surface area (TPSA) is 55.4 Å². The van der Waals surface area contributed by atoms with Gasteiger partial charge in [-0.25, -0.2) is 0 Å². The molecule has 0 bridgehead atoms. The highest BCUT2D eigenvalue weighted by Gasteiger charge is 2.01. The zero-order valence-corrected chi connectivity index (χ0v) is 11.3. The Hall–Kier alpha value is -2.10. The minimum absolute atomic E-state index is 0.192. The third kappa shape index (κ3) is 6.41. The van der Waals surface area contributed by atoms with Crippen molar-refractivity contribution in [2.24, 2.45) is 0 Å². The summed E-state index contributed by atoms with van der Waals surface area (Å²) >= 11 is 0. The van der Waals surface area contributed by atoms with Crippen molar-refractivity contribution in [3.63, 3.8) is 0 Å². The van der Waals surface area contributed by atoms with Gasteiger partial charge in [0, 0.05) is 12.6 Å². The lowest BCUT2D eigenvalue weighted by Crippen LogP contribution is -2.24. The Morgan fingerprint density at radius 2 is 2.16 bits per heavy atom. The van der Waals surface area contributed by atoms with Gasteiger partial charge in [-0.1, -0.05) is 29.8 Å². The number of nitrogens with one attached hydrogen (secondary N) is 1. The van der Waals surface area contributed by atoms with Gasteiger partial charge in [0.1, 0.15) is 0 Å². The zero-order valence-electron chi connectivity index (χ0n) is 11.3. The van der Waals surface area contributed by atoms with Crippen LogP contribution in [0.1, 0.15) is 24.5 Å². The van der Waals surface area contributed by atoms with Crippen LogP contribution in [0.3, 0.4) is 0 Å². The summed E-state index contributed by atoms with van der Waals surface area (Å²) < 4.78 is 4.76. The summed E-state index contributed by atoms with van der Waals surface area (Å²) in [6.45, 7) is 4.40. The van der Waals surface area contributed by atoms with E-state index in [9.17, 15) is 9.59 Å². The van der Waals surface area contributed by atoms with E-state index >= 15 is 0 Å². The van der Waals surface area contributed by atoms with Gasteiger partial charge < -0.3 is 10.1 Å². The Kier molecular flexibility index (Phi) is 6.36. The van der Waals surface area contributed by atoms with Gasteiger partial charge in [0.15, 0.2) is 0 Å². The van der Waals surface area contributed by atoms with Gasteiger partial charge in [-0.2, -0.15) is 0 Å². The molecule has 0 heterocycles. The Labute approximate surface area is 113 Å². The number of esters is 1. The summed E-state index contributed by atoms with van der Waals surface area (Å²) in [6, 6.07) is 7.85. The van der Waals surface area contributed by atoms with Gasteiger partial charge >= 0.3 is 5.97 Å². The molecule has 0 radical (unpaired) electrons. The lowest BCUT2D eigenvalue weighted by molar-refractivity contribution is -0.142. The number of benzene rings is 1. The van der Waals surface area contributed by atoms with Crippen LogP contribution >= 0.6 is 0 Å². The number of hydrogen-bond donors (Lipinski definition) is 1. The number of hydrogen-bond acceptors (Lipinski definition) is 3. The highest BCUT2D eigenvalue weighted by atomic mass is 16.5. The lowest BCUT2D eigenvalue weighted by Gasteiger charge is -2.02. The van der Waals surface area contributed by atoms with Gasteiger partial charge in [-0.3, -0.25) is 9.59 Å². The first-order valence-corrected chi connectivity index (χ1v) is 6.30. The summed E-state index contributed by atoms with van der Waals surface area (Å²) in [7, 11) is 0. The van der Waals surface area contributed by atoms with Crippen LogP contribution in [0.5, 0.6) is 0 Å². The molecule has 0 spiro atoms. The third-order valence-corrected chi connectivity index (χ3v) is 2.40. The molecule has 0 aliphatic rings. The van der Waals surface area contributed by atoms with Gasteiger partial charge in [0.2, 0.25) is 5.91 Å². The molecule has 0 saturated heterocycles. The van der Waals surface area contributed by atoms with Crippen molar-refractivity contribution < 1.29 is 14.3 Å². The van der Waals surface area contributed by atoms with Crippen molar-refractivity contribution in [2.45, 2.75) is 20.3 Å². The fraction of sp³-hybridized carbons (Fsp3) is 0.333. The van der Waals surface area contributed by atoms with Gasteiger partial charge in [-0.15, -0.1) is 0 Å². The Balaban J connectivity index is 2.33. The number of amides is 1. The molecule has 0 aliphatic carbocycles. The second-order valence-corrected chi connectivity index (χ2v) is 4.09. The Morgan fingerprint density at radius 1 is 1.37 bits per heavy atom. The van der Waals surface area contributed by atoms with E-state index in [2.05, 4.69) is 5.32 Å². The molecule has 0 unspecified atom stereocenters. The van der Waals surface area contributed by atoms with Crippen LogP contribution < -0.4 is 5.32 Å². The fourth-order valence-corrected chi connectivity index (χ4v) is 1.53. The molecule has 1 aromatic rings. The predicted molar refractivity (Wildman–Crippen MR) is 74.5 cm³/mol. The van der Waals surface area contributed by atoms with E-state index in [4.69, 9.17) is 4.74 Å². The van der Waals surface area contributed by atoms with Crippen LogP contribution in [0.25, 0.3) is 6.08 Å². The molecule has 4 heteroatoms. The molecule has 0 aliphatic heterocycles. The third-order valence-electron chi connectivity index (χ3n) is 2.40. The minimum atomic E-state index is -0.300. The van der Waals surface area contributed by atoms with E-state index in [-0.39, 0.29) is 24.8 Å². The van der Waals surface area contributed by atoms with Gasteiger partial charge in [0.25, 0.3) is 0 Å². The molecule has 19 heavy (non-hydrogen) atoms. The molecular weight excluding hydrogens is 242 g/mol. The first kappa shape index (κ1) is 15.0. The molecule has 1 rings (SSSR count). The van der Waals surface area contributed by atoms with Crippen LogP contribution in [0.15, 0.2) is 30.3 Å². The minimum Gasteiger partial charge on any atom is -0.466 e. The summed E-state index contributed by atoms with van der Waals surface area (Å²) in [4.78, 5) is 22.5. The largest absolute Gasteiger partial charge is 0.466 e. The maximum atomic E-state index is 11.5. The highest BCUT2D eigenvalue weighted by Crippen LogP contribution is 2.05. The standard InChI is InChI=1S/C15H19NO3/c1-3-19-15(18)9-10-16-14(17)8-7-13-6-4-5-12(2)11-13/h4-8,11H,3,9-10H2,1-2H3,(H,16,17). The number of rotatable bonds is 6. The van der Waals surface area contributed by atoms with Crippen LogP contribution in [0.2, 0.25) is 0 Å². The molecular formula is C15H19NO3. The fourth-order valence-electron chi connectivity index (χ4n) is 1.53. The summed E-state index contributed by atoms with van der Waals surface area (Å²) in [5.74, 6) is -0.517. The number of carbonyl (C=O) groups excluding carboxylic acids is 2. The molecule has 1 aromatic carbocycles. The first-order valence-electron chi connectivity index (χ1n) is 6.30. The van der Waals surface area contributed by atoms with E-state index in [0.29, 0.717) is 6.61 Å². The molecule has 1 N–H and O–H groups in total. The van der Waals surface area contributed by atoms with Crippen molar-refractivity contribution in [3.05, 3.63) is 41.5 Å². The maximum Gasteiger partial charge on any atom is 0.307 e.